The molecule has 86 valence electrons. The third-order valence-electron chi connectivity index (χ3n) is 2.41. The molecule has 6 heteroatoms. The average Bonchev–Trinajstić information content (AvgIpc) is 2.30. The number of rotatable bonds is 2. The zero-order valence-electron chi connectivity index (χ0n) is 8.56. The first-order valence-corrected chi connectivity index (χ1v) is 5.03. The van der Waals surface area contributed by atoms with Gasteiger partial charge in [-0.05, 0) is 18.9 Å². The van der Waals surface area contributed by atoms with Gasteiger partial charge in [0.2, 0.25) is 0 Å². The third kappa shape index (κ3) is 2.11. The number of hydroxylamine groups is 1. The molecule has 0 saturated carbocycles. The van der Waals surface area contributed by atoms with Crippen LogP contribution in [-0.2, 0) is 4.84 Å². The largest absolute Gasteiger partial charge is 0.273 e. The van der Waals surface area contributed by atoms with Crippen molar-refractivity contribution in [2.24, 2.45) is 0 Å². The quantitative estimate of drug-likeness (QED) is 0.573. The van der Waals surface area contributed by atoms with Gasteiger partial charge in [0, 0.05) is 12.6 Å². The number of non-ortho nitro benzene ring substituents is 1. The van der Waals surface area contributed by atoms with Crippen molar-refractivity contribution in [1.29, 1.82) is 0 Å². The van der Waals surface area contributed by atoms with Crippen LogP contribution in [0.3, 0.4) is 0 Å². The van der Waals surface area contributed by atoms with Crippen LogP contribution in [0.25, 0.3) is 0 Å². The molecule has 0 aliphatic carbocycles. The van der Waals surface area contributed by atoms with Crippen LogP contribution in [0.15, 0.2) is 18.2 Å². The van der Waals surface area contributed by atoms with E-state index < -0.39 is 10.7 Å². The van der Waals surface area contributed by atoms with E-state index in [1.165, 1.54) is 17.2 Å². The molecular formula is C10H11FN2O3. The summed E-state index contributed by atoms with van der Waals surface area (Å²) >= 11 is 0. The van der Waals surface area contributed by atoms with Crippen LogP contribution in [0, 0.1) is 15.9 Å². The predicted octanol–water partition coefficient (Wildman–Crippen LogP) is 2.27. The van der Waals surface area contributed by atoms with Crippen LogP contribution in [0.1, 0.15) is 12.8 Å². The summed E-state index contributed by atoms with van der Waals surface area (Å²) in [5.74, 6) is -0.629. The molecule has 16 heavy (non-hydrogen) atoms. The zero-order valence-corrected chi connectivity index (χ0v) is 8.56. The molecule has 0 aromatic heterocycles. The number of nitro groups is 1. The number of hydrogen-bond donors (Lipinski definition) is 0. The molecule has 2 rings (SSSR count). The fourth-order valence-electron chi connectivity index (χ4n) is 1.60. The highest BCUT2D eigenvalue weighted by Crippen LogP contribution is 2.25. The topological polar surface area (TPSA) is 55.6 Å². The highest BCUT2D eigenvalue weighted by molar-refractivity contribution is 5.50. The Hall–Kier alpha value is -1.69. The van der Waals surface area contributed by atoms with Crippen molar-refractivity contribution < 1.29 is 14.2 Å². The van der Waals surface area contributed by atoms with Crippen LogP contribution in [-0.4, -0.2) is 18.1 Å². The van der Waals surface area contributed by atoms with Crippen molar-refractivity contribution in [3.8, 4) is 0 Å². The summed E-state index contributed by atoms with van der Waals surface area (Å²) in [6, 6.07) is 3.56. The monoisotopic (exact) mass is 226 g/mol. The molecule has 0 bridgehead atoms. The van der Waals surface area contributed by atoms with Crippen molar-refractivity contribution in [1.82, 2.24) is 0 Å². The summed E-state index contributed by atoms with van der Waals surface area (Å²) in [7, 11) is 0. The number of benzene rings is 1. The fraction of sp³-hybridized carbons (Fsp3) is 0.400. The standard InChI is InChI=1S/C10H11FN2O3/c11-9-7-8(13(14)15)3-4-10(9)12-5-1-2-6-16-12/h3-4,7H,1-2,5-6H2. The van der Waals surface area contributed by atoms with Crippen LogP contribution >= 0.6 is 0 Å². The second kappa shape index (κ2) is 4.44. The Balaban J connectivity index is 2.24. The van der Waals surface area contributed by atoms with Crippen LogP contribution in [0.4, 0.5) is 15.8 Å². The van der Waals surface area contributed by atoms with Crippen molar-refractivity contribution in [2.75, 3.05) is 18.2 Å². The Kier molecular flexibility index (Phi) is 3.00. The molecule has 1 saturated heterocycles. The van der Waals surface area contributed by atoms with Crippen LogP contribution < -0.4 is 5.06 Å². The molecule has 1 aliphatic rings. The molecule has 0 amide bonds. The third-order valence-corrected chi connectivity index (χ3v) is 2.41. The number of nitro benzene ring substituents is 1. The molecule has 1 aromatic rings. The molecular weight excluding hydrogens is 215 g/mol. The van der Waals surface area contributed by atoms with E-state index in [1.54, 1.807) is 0 Å². The minimum Gasteiger partial charge on any atom is -0.273 e. The highest BCUT2D eigenvalue weighted by Gasteiger charge is 2.18. The molecule has 1 aliphatic heterocycles. The number of nitrogens with zero attached hydrogens (tertiary/aromatic N) is 2. The Labute approximate surface area is 91.5 Å². The Bertz CT molecular complexity index is 405. The first-order chi connectivity index (χ1) is 7.68. The van der Waals surface area contributed by atoms with Gasteiger partial charge in [-0.15, -0.1) is 0 Å². The van der Waals surface area contributed by atoms with E-state index in [2.05, 4.69) is 0 Å². The van der Waals surface area contributed by atoms with Crippen LogP contribution in [0.5, 0.6) is 0 Å². The van der Waals surface area contributed by atoms with Crippen molar-refractivity contribution >= 4 is 11.4 Å². The molecule has 5 nitrogen and oxygen atoms in total. The maximum atomic E-state index is 13.6. The number of halogens is 1. The second-order valence-electron chi connectivity index (χ2n) is 3.54. The van der Waals surface area contributed by atoms with Crippen molar-refractivity contribution in [2.45, 2.75) is 12.8 Å². The smallest absolute Gasteiger partial charge is 0.272 e. The van der Waals surface area contributed by atoms with Gasteiger partial charge in [-0.2, -0.15) is 0 Å². The lowest BCUT2D eigenvalue weighted by molar-refractivity contribution is -0.385. The average molecular weight is 226 g/mol. The van der Waals surface area contributed by atoms with E-state index in [-0.39, 0.29) is 11.4 Å². The summed E-state index contributed by atoms with van der Waals surface area (Å²) in [5, 5.41) is 11.9. The molecule has 0 N–H and O–H groups in total. The van der Waals surface area contributed by atoms with E-state index in [0.29, 0.717) is 13.2 Å². The van der Waals surface area contributed by atoms with Gasteiger partial charge >= 0.3 is 0 Å². The summed E-state index contributed by atoms with van der Waals surface area (Å²) in [4.78, 5) is 15.1. The second-order valence-corrected chi connectivity index (χ2v) is 3.54. The maximum Gasteiger partial charge on any atom is 0.272 e. The lowest BCUT2D eigenvalue weighted by Gasteiger charge is -2.27. The highest BCUT2D eigenvalue weighted by atomic mass is 19.1. The Morgan fingerprint density at radius 3 is 2.81 bits per heavy atom. The van der Waals surface area contributed by atoms with E-state index in [1.807, 2.05) is 0 Å². The first kappa shape index (κ1) is 10.8. The summed E-state index contributed by atoms with van der Waals surface area (Å²) in [6.45, 7) is 1.16. The molecule has 1 aromatic carbocycles. The van der Waals surface area contributed by atoms with Gasteiger partial charge in [0.1, 0.15) is 0 Å². The molecule has 0 unspecified atom stereocenters. The Morgan fingerprint density at radius 1 is 1.44 bits per heavy atom. The van der Waals surface area contributed by atoms with E-state index in [4.69, 9.17) is 4.84 Å². The van der Waals surface area contributed by atoms with Gasteiger partial charge < -0.3 is 0 Å². The van der Waals surface area contributed by atoms with Crippen molar-refractivity contribution in [3.63, 3.8) is 0 Å². The van der Waals surface area contributed by atoms with Gasteiger partial charge in [0.25, 0.3) is 5.69 Å². The minimum absolute atomic E-state index is 0.252. The lowest BCUT2D eigenvalue weighted by atomic mass is 10.2. The number of hydrogen-bond acceptors (Lipinski definition) is 4. The van der Waals surface area contributed by atoms with Gasteiger partial charge in [0.15, 0.2) is 5.82 Å². The summed E-state index contributed by atoms with van der Waals surface area (Å²) in [5.41, 5.74) is 0.00330. The SMILES string of the molecule is O=[N+]([O-])c1ccc(N2CCCCO2)c(F)c1. The lowest BCUT2D eigenvalue weighted by Crippen LogP contribution is -2.30. The summed E-state index contributed by atoms with van der Waals surface area (Å²) < 4.78 is 13.6. The zero-order chi connectivity index (χ0) is 11.5. The van der Waals surface area contributed by atoms with E-state index >= 15 is 0 Å². The normalized spacial score (nSPS) is 16.2. The van der Waals surface area contributed by atoms with Gasteiger partial charge in [-0.25, -0.2) is 4.39 Å². The number of anilines is 1. The molecule has 0 spiro atoms. The molecule has 0 radical (unpaired) electrons. The first-order valence-electron chi connectivity index (χ1n) is 5.03. The maximum absolute atomic E-state index is 13.6. The predicted molar refractivity (Wildman–Crippen MR) is 55.6 cm³/mol. The van der Waals surface area contributed by atoms with Gasteiger partial charge in [0.05, 0.1) is 23.3 Å². The van der Waals surface area contributed by atoms with E-state index in [9.17, 15) is 14.5 Å². The molecule has 1 heterocycles. The van der Waals surface area contributed by atoms with Gasteiger partial charge in [-0.1, -0.05) is 0 Å². The minimum atomic E-state index is -0.629. The Morgan fingerprint density at radius 2 is 2.25 bits per heavy atom. The van der Waals surface area contributed by atoms with Gasteiger partial charge in [-0.3, -0.25) is 20.0 Å². The summed E-state index contributed by atoms with van der Waals surface area (Å²) in [6.07, 6.45) is 1.88. The molecule has 0 atom stereocenters. The van der Waals surface area contributed by atoms with Crippen LogP contribution in [0.2, 0.25) is 0 Å². The molecule has 1 fully saturated rings. The van der Waals surface area contributed by atoms with Crippen molar-refractivity contribution in [3.05, 3.63) is 34.1 Å². The van der Waals surface area contributed by atoms with E-state index in [0.717, 1.165) is 18.9 Å². The fourth-order valence-corrected chi connectivity index (χ4v) is 1.60.